The van der Waals surface area contributed by atoms with E-state index in [1.165, 1.54) is 18.3 Å². The van der Waals surface area contributed by atoms with E-state index >= 15 is 0 Å². The largest absolute Gasteiger partial charge is 0.326 e. The molecule has 2 amide bonds. The summed E-state index contributed by atoms with van der Waals surface area (Å²) in [5.41, 5.74) is 3.26. The summed E-state index contributed by atoms with van der Waals surface area (Å²) in [5, 5.41) is 3.41. The summed E-state index contributed by atoms with van der Waals surface area (Å²) < 4.78 is 1.05. The Hall–Kier alpha value is -3.51. The molecule has 3 aromatic carbocycles. The van der Waals surface area contributed by atoms with E-state index in [0.717, 1.165) is 22.2 Å². The number of hydrogen-bond acceptors (Lipinski definition) is 4. The first-order chi connectivity index (χ1) is 14.6. The molecule has 1 N–H and O–H groups in total. The fourth-order valence-electron chi connectivity index (χ4n) is 3.20. The van der Waals surface area contributed by atoms with Crippen molar-refractivity contribution in [2.45, 2.75) is 13.3 Å². The fourth-order valence-corrected chi connectivity index (χ4v) is 4.19. The van der Waals surface area contributed by atoms with E-state index in [-0.39, 0.29) is 11.8 Å². The van der Waals surface area contributed by atoms with Crippen molar-refractivity contribution in [3.63, 3.8) is 0 Å². The Labute approximate surface area is 179 Å². The Bertz CT molecular complexity index is 1140. The SMILES string of the molecule is CC(=O)Nc1ccc(C(=O)N(CCc2ccccc2)c2nc3ccccc3s2)cc1. The first kappa shape index (κ1) is 19.8. The van der Waals surface area contributed by atoms with E-state index in [0.29, 0.717) is 22.9 Å². The first-order valence-corrected chi connectivity index (χ1v) is 10.5. The summed E-state index contributed by atoms with van der Waals surface area (Å²) in [5.74, 6) is -0.257. The number of amides is 2. The second kappa shape index (κ2) is 8.88. The molecule has 0 saturated heterocycles. The van der Waals surface area contributed by atoms with E-state index in [4.69, 9.17) is 4.98 Å². The van der Waals surface area contributed by atoms with Gasteiger partial charge in [0.05, 0.1) is 10.2 Å². The lowest BCUT2D eigenvalue weighted by atomic mass is 10.1. The molecule has 0 radical (unpaired) electrons. The Morgan fingerprint density at radius 2 is 1.63 bits per heavy atom. The predicted molar refractivity (Wildman–Crippen MR) is 122 cm³/mol. The molecule has 0 spiro atoms. The molecular weight excluding hydrogens is 394 g/mol. The van der Waals surface area contributed by atoms with Crippen LogP contribution in [0.3, 0.4) is 0 Å². The van der Waals surface area contributed by atoms with E-state index in [2.05, 4.69) is 17.4 Å². The molecule has 30 heavy (non-hydrogen) atoms. The number of hydrogen-bond donors (Lipinski definition) is 1. The van der Waals surface area contributed by atoms with Gasteiger partial charge < -0.3 is 5.32 Å². The number of fused-ring (bicyclic) bond motifs is 1. The summed E-state index contributed by atoms with van der Waals surface area (Å²) in [7, 11) is 0. The van der Waals surface area contributed by atoms with Crippen molar-refractivity contribution in [3.8, 4) is 0 Å². The lowest BCUT2D eigenvalue weighted by Crippen LogP contribution is -2.32. The molecule has 0 saturated carbocycles. The molecule has 0 fully saturated rings. The molecule has 6 heteroatoms. The van der Waals surface area contributed by atoms with Crippen LogP contribution in [0, 0.1) is 0 Å². The number of rotatable bonds is 6. The topological polar surface area (TPSA) is 62.3 Å². The van der Waals surface area contributed by atoms with Crippen molar-refractivity contribution in [1.29, 1.82) is 0 Å². The number of aromatic nitrogens is 1. The van der Waals surface area contributed by atoms with Crippen molar-refractivity contribution in [2.75, 3.05) is 16.8 Å². The van der Waals surface area contributed by atoms with Crippen LogP contribution in [-0.4, -0.2) is 23.3 Å². The monoisotopic (exact) mass is 415 g/mol. The van der Waals surface area contributed by atoms with Gasteiger partial charge >= 0.3 is 0 Å². The zero-order valence-electron chi connectivity index (χ0n) is 16.5. The number of para-hydroxylation sites is 1. The van der Waals surface area contributed by atoms with Crippen LogP contribution >= 0.6 is 11.3 Å². The quantitative estimate of drug-likeness (QED) is 0.474. The molecule has 0 aliphatic carbocycles. The van der Waals surface area contributed by atoms with Gasteiger partial charge in [0.1, 0.15) is 0 Å². The molecule has 1 heterocycles. The van der Waals surface area contributed by atoms with Gasteiger partial charge in [-0.2, -0.15) is 0 Å². The van der Waals surface area contributed by atoms with Gasteiger partial charge in [-0.15, -0.1) is 0 Å². The minimum Gasteiger partial charge on any atom is -0.326 e. The van der Waals surface area contributed by atoms with Crippen LogP contribution in [0.4, 0.5) is 10.8 Å². The van der Waals surface area contributed by atoms with Crippen LogP contribution in [0.2, 0.25) is 0 Å². The van der Waals surface area contributed by atoms with Crippen molar-refractivity contribution in [1.82, 2.24) is 4.98 Å². The third-order valence-corrected chi connectivity index (χ3v) is 5.74. The van der Waals surface area contributed by atoms with Gasteiger partial charge in [0, 0.05) is 24.7 Å². The second-order valence-electron chi connectivity index (χ2n) is 6.92. The molecule has 0 unspecified atom stereocenters. The van der Waals surface area contributed by atoms with Crippen LogP contribution in [0.15, 0.2) is 78.9 Å². The van der Waals surface area contributed by atoms with Crippen LogP contribution in [0.25, 0.3) is 10.2 Å². The number of carbonyl (C=O) groups excluding carboxylic acids is 2. The average molecular weight is 416 g/mol. The molecule has 150 valence electrons. The molecule has 0 aliphatic heterocycles. The van der Waals surface area contributed by atoms with Crippen molar-refractivity contribution < 1.29 is 9.59 Å². The number of nitrogens with one attached hydrogen (secondary N) is 1. The summed E-state index contributed by atoms with van der Waals surface area (Å²) in [6, 6.07) is 24.9. The van der Waals surface area contributed by atoms with Gasteiger partial charge in [0.25, 0.3) is 5.91 Å². The van der Waals surface area contributed by atoms with Crippen LogP contribution in [0.1, 0.15) is 22.8 Å². The lowest BCUT2D eigenvalue weighted by Gasteiger charge is -2.20. The van der Waals surface area contributed by atoms with Gasteiger partial charge in [-0.3, -0.25) is 14.5 Å². The van der Waals surface area contributed by atoms with E-state index in [1.54, 1.807) is 29.2 Å². The summed E-state index contributed by atoms with van der Waals surface area (Å²) >= 11 is 1.51. The van der Waals surface area contributed by atoms with Crippen molar-refractivity contribution >= 4 is 44.2 Å². The summed E-state index contributed by atoms with van der Waals surface area (Å²) in [6.07, 6.45) is 0.729. The number of anilines is 2. The highest BCUT2D eigenvalue weighted by Gasteiger charge is 2.21. The smallest absolute Gasteiger partial charge is 0.260 e. The Morgan fingerprint density at radius 3 is 2.33 bits per heavy atom. The molecule has 0 aliphatic rings. The van der Waals surface area contributed by atoms with Crippen LogP contribution in [-0.2, 0) is 11.2 Å². The zero-order valence-corrected chi connectivity index (χ0v) is 17.4. The third kappa shape index (κ3) is 4.55. The van der Waals surface area contributed by atoms with E-state index < -0.39 is 0 Å². The second-order valence-corrected chi connectivity index (χ2v) is 7.92. The first-order valence-electron chi connectivity index (χ1n) is 9.69. The average Bonchev–Trinajstić information content (AvgIpc) is 3.18. The Balaban J connectivity index is 1.63. The lowest BCUT2D eigenvalue weighted by molar-refractivity contribution is -0.114. The van der Waals surface area contributed by atoms with Gasteiger partial charge in [-0.25, -0.2) is 4.98 Å². The molecule has 0 bridgehead atoms. The number of carbonyl (C=O) groups is 2. The third-order valence-electron chi connectivity index (χ3n) is 4.68. The van der Waals surface area contributed by atoms with E-state index in [9.17, 15) is 9.59 Å². The normalized spacial score (nSPS) is 10.7. The molecule has 4 aromatic rings. The van der Waals surface area contributed by atoms with Gasteiger partial charge in [-0.1, -0.05) is 53.8 Å². The highest BCUT2D eigenvalue weighted by atomic mass is 32.1. The van der Waals surface area contributed by atoms with E-state index in [1.807, 2.05) is 42.5 Å². The number of nitrogens with zero attached hydrogens (tertiary/aromatic N) is 2. The van der Waals surface area contributed by atoms with Crippen molar-refractivity contribution in [2.24, 2.45) is 0 Å². The van der Waals surface area contributed by atoms with Crippen LogP contribution < -0.4 is 10.2 Å². The maximum absolute atomic E-state index is 13.4. The highest BCUT2D eigenvalue weighted by molar-refractivity contribution is 7.22. The Morgan fingerprint density at radius 1 is 0.933 bits per heavy atom. The number of benzene rings is 3. The van der Waals surface area contributed by atoms with Crippen molar-refractivity contribution in [3.05, 3.63) is 90.0 Å². The zero-order chi connectivity index (χ0) is 20.9. The summed E-state index contributed by atoms with van der Waals surface area (Å²) in [4.78, 5) is 31.1. The maximum Gasteiger partial charge on any atom is 0.260 e. The summed E-state index contributed by atoms with van der Waals surface area (Å²) in [6.45, 7) is 1.98. The van der Waals surface area contributed by atoms with Gasteiger partial charge in [0.15, 0.2) is 5.13 Å². The molecule has 0 atom stereocenters. The minimum atomic E-state index is -0.145. The molecule has 5 nitrogen and oxygen atoms in total. The molecular formula is C24H21N3O2S. The molecule has 1 aromatic heterocycles. The van der Waals surface area contributed by atoms with Crippen LogP contribution in [0.5, 0.6) is 0 Å². The molecule has 4 rings (SSSR count). The maximum atomic E-state index is 13.4. The fraction of sp³-hybridized carbons (Fsp3) is 0.125. The standard InChI is InChI=1S/C24H21N3O2S/c1-17(28)25-20-13-11-19(12-14-20)23(29)27(16-15-18-7-3-2-4-8-18)24-26-21-9-5-6-10-22(21)30-24/h2-14H,15-16H2,1H3,(H,25,28). The highest BCUT2D eigenvalue weighted by Crippen LogP contribution is 2.30. The van der Waals surface area contributed by atoms with Gasteiger partial charge in [0.2, 0.25) is 5.91 Å². The predicted octanol–water partition coefficient (Wildman–Crippen LogP) is 5.14. The Kier molecular flexibility index (Phi) is 5.86. The number of thiazole rings is 1. The minimum absolute atomic E-state index is 0.112. The van der Waals surface area contributed by atoms with Gasteiger partial charge in [-0.05, 0) is 48.4 Å².